The van der Waals surface area contributed by atoms with Crippen molar-refractivity contribution in [3.05, 3.63) is 58.3 Å². The van der Waals surface area contributed by atoms with Gasteiger partial charge in [-0.3, -0.25) is 9.52 Å². The minimum atomic E-state index is -4.23. The van der Waals surface area contributed by atoms with Crippen molar-refractivity contribution in [1.29, 1.82) is 0 Å². The first-order valence-corrected chi connectivity index (χ1v) is 6.64. The lowest BCUT2D eigenvalue weighted by Gasteiger charge is -2.09. The summed E-state index contributed by atoms with van der Waals surface area (Å²) < 4.78 is 64.5. The van der Waals surface area contributed by atoms with Gasteiger partial charge >= 0.3 is 0 Å². The number of hydrogen-bond donors (Lipinski definition) is 2. The molecule has 0 bridgehead atoms. The third-order valence-electron chi connectivity index (χ3n) is 2.35. The summed E-state index contributed by atoms with van der Waals surface area (Å²) >= 11 is 0. The van der Waals surface area contributed by atoms with Gasteiger partial charge in [0, 0.05) is 12.3 Å². The molecule has 2 N–H and O–H groups in total. The Hall–Kier alpha value is -2.29. The van der Waals surface area contributed by atoms with Crippen molar-refractivity contribution in [3.63, 3.8) is 0 Å². The zero-order valence-electron chi connectivity index (χ0n) is 9.65. The fraction of sp³-hybridized carbons (Fsp3) is 0. The zero-order valence-corrected chi connectivity index (χ0v) is 10.5. The van der Waals surface area contributed by atoms with Gasteiger partial charge in [-0.1, -0.05) is 0 Å². The van der Waals surface area contributed by atoms with Crippen LogP contribution in [0.15, 0.2) is 40.2 Å². The first kappa shape index (κ1) is 14.1. The lowest BCUT2D eigenvalue weighted by Crippen LogP contribution is -2.16. The lowest BCUT2D eigenvalue weighted by molar-refractivity contribution is 0.449. The van der Waals surface area contributed by atoms with E-state index in [-0.39, 0.29) is 4.90 Å². The standard InChI is InChI=1S/C11H7F3N2O3S/c12-7-2-3-8(11(14)10(7)13)16-20(18,19)6-1-4-9(17)15-5-6/h1-5,16H,(H,15,17). The summed E-state index contributed by atoms with van der Waals surface area (Å²) in [5.41, 5.74) is -1.27. The molecule has 0 fully saturated rings. The van der Waals surface area contributed by atoms with E-state index in [4.69, 9.17) is 0 Å². The molecule has 0 aliphatic heterocycles. The topological polar surface area (TPSA) is 79.0 Å². The molecular weight excluding hydrogens is 297 g/mol. The summed E-state index contributed by atoms with van der Waals surface area (Å²) in [5.74, 6) is -4.88. The maximum Gasteiger partial charge on any atom is 0.263 e. The average molecular weight is 304 g/mol. The van der Waals surface area contributed by atoms with Crippen LogP contribution < -0.4 is 10.3 Å². The Labute approximate surface area is 111 Å². The average Bonchev–Trinajstić information content (AvgIpc) is 2.40. The van der Waals surface area contributed by atoms with Crippen molar-refractivity contribution >= 4 is 15.7 Å². The molecule has 0 saturated carbocycles. The highest BCUT2D eigenvalue weighted by Gasteiger charge is 2.20. The zero-order chi connectivity index (χ0) is 14.9. The van der Waals surface area contributed by atoms with E-state index in [2.05, 4.69) is 4.98 Å². The lowest BCUT2D eigenvalue weighted by atomic mass is 10.3. The van der Waals surface area contributed by atoms with E-state index in [9.17, 15) is 26.4 Å². The van der Waals surface area contributed by atoms with Gasteiger partial charge in [-0.15, -0.1) is 0 Å². The number of aromatic amines is 1. The molecule has 1 aromatic heterocycles. The summed E-state index contributed by atoms with van der Waals surface area (Å²) in [6.07, 6.45) is 0.891. The number of halogens is 3. The molecule has 106 valence electrons. The Morgan fingerprint density at radius 3 is 2.30 bits per heavy atom. The van der Waals surface area contributed by atoms with Gasteiger partial charge in [0.1, 0.15) is 4.90 Å². The van der Waals surface area contributed by atoms with Crippen LogP contribution in [0.4, 0.5) is 18.9 Å². The number of aromatic nitrogens is 1. The van der Waals surface area contributed by atoms with Crippen molar-refractivity contribution in [1.82, 2.24) is 4.98 Å². The predicted octanol–water partition coefficient (Wildman–Crippen LogP) is 1.59. The van der Waals surface area contributed by atoms with E-state index in [1.165, 1.54) is 0 Å². The maximum absolute atomic E-state index is 13.4. The second-order valence-electron chi connectivity index (χ2n) is 3.72. The van der Waals surface area contributed by atoms with Gasteiger partial charge in [-0.25, -0.2) is 21.6 Å². The van der Waals surface area contributed by atoms with E-state index in [1.807, 2.05) is 0 Å². The molecular formula is C11H7F3N2O3S. The minimum Gasteiger partial charge on any atom is -0.328 e. The molecule has 2 aromatic rings. The molecule has 0 aliphatic carbocycles. The number of pyridine rings is 1. The number of H-pyrrole nitrogens is 1. The van der Waals surface area contributed by atoms with Crippen LogP contribution in [0.5, 0.6) is 0 Å². The molecule has 0 atom stereocenters. The van der Waals surface area contributed by atoms with Crippen molar-refractivity contribution in [2.75, 3.05) is 4.72 Å². The number of anilines is 1. The van der Waals surface area contributed by atoms with Crippen molar-refractivity contribution in [3.8, 4) is 0 Å². The predicted molar refractivity (Wildman–Crippen MR) is 64.2 cm³/mol. The summed E-state index contributed by atoms with van der Waals surface area (Å²) in [4.78, 5) is 12.6. The molecule has 0 spiro atoms. The Morgan fingerprint density at radius 1 is 1.00 bits per heavy atom. The summed E-state index contributed by atoms with van der Waals surface area (Å²) in [6.45, 7) is 0. The number of sulfonamides is 1. The third-order valence-corrected chi connectivity index (χ3v) is 3.71. The summed E-state index contributed by atoms with van der Waals surface area (Å²) in [6, 6.07) is 3.27. The summed E-state index contributed by atoms with van der Waals surface area (Å²) in [7, 11) is -4.23. The van der Waals surface area contributed by atoms with Crippen LogP contribution in [-0.4, -0.2) is 13.4 Å². The largest absolute Gasteiger partial charge is 0.328 e. The fourth-order valence-corrected chi connectivity index (χ4v) is 2.40. The van der Waals surface area contributed by atoms with Gasteiger partial charge in [0.15, 0.2) is 17.5 Å². The van der Waals surface area contributed by atoms with Gasteiger partial charge in [0.2, 0.25) is 5.56 Å². The normalized spacial score (nSPS) is 11.3. The van der Waals surface area contributed by atoms with Crippen LogP contribution in [-0.2, 0) is 10.0 Å². The van der Waals surface area contributed by atoms with Crippen LogP contribution in [0, 0.1) is 17.5 Å². The van der Waals surface area contributed by atoms with Gasteiger partial charge in [0.05, 0.1) is 5.69 Å². The van der Waals surface area contributed by atoms with Crippen LogP contribution in [0.2, 0.25) is 0 Å². The molecule has 0 amide bonds. The van der Waals surface area contributed by atoms with Crippen molar-refractivity contribution < 1.29 is 21.6 Å². The number of hydrogen-bond acceptors (Lipinski definition) is 3. The van der Waals surface area contributed by atoms with Crippen LogP contribution in [0.1, 0.15) is 0 Å². The Morgan fingerprint density at radius 2 is 1.70 bits per heavy atom. The highest BCUT2D eigenvalue weighted by atomic mass is 32.2. The Balaban J connectivity index is 2.41. The van der Waals surface area contributed by atoms with E-state index in [0.29, 0.717) is 6.07 Å². The smallest absolute Gasteiger partial charge is 0.263 e. The molecule has 0 aliphatic rings. The molecule has 1 aromatic carbocycles. The summed E-state index contributed by atoms with van der Waals surface area (Å²) in [5, 5.41) is 0. The molecule has 2 rings (SSSR count). The maximum atomic E-state index is 13.4. The molecule has 0 saturated heterocycles. The minimum absolute atomic E-state index is 0.360. The number of rotatable bonds is 3. The van der Waals surface area contributed by atoms with Gasteiger partial charge in [-0.2, -0.15) is 0 Å². The molecule has 1 heterocycles. The molecule has 0 radical (unpaired) electrons. The van der Waals surface area contributed by atoms with E-state index >= 15 is 0 Å². The first-order valence-electron chi connectivity index (χ1n) is 5.16. The molecule has 20 heavy (non-hydrogen) atoms. The van der Waals surface area contributed by atoms with Crippen LogP contribution >= 0.6 is 0 Å². The van der Waals surface area contributed by atoms with Crippen molar-refractivity contribution in [2.24, 2.45) is 0 Å². The second kappa shape index (κ2) is 5.00. The molecule has 9 heteroatoms. The SMILES string of the molecule is O=c1ccc(S(=O)(=O)Nc2ccc(F)c(F)c2F)c[nH]1. The highest BCUT2D eigenvalue weighted by Crippen LogP contribution is 2.22. The van der Waals surface area contributed by atoms with E-state index < -0.39 is 38.7 Å². The monoisotopic (exact) mass is 304 g/mol. The quantitative estimate of drug-likeness (QED) is 0.845. The van der Waals surface area contributed by atoms with E-state index in [0.717, 1.165) is 24.4 Å². The van der Waals surface area contributed by atoms with Gasteiger partial charge in [0.25, 0.3) is 10.0 Å². The van der Waals surface area contributed by atoms with Gasteiger partial charge < -0.3 is 4.98 Å². The van der Waals surface area contributed by atoms with Crippen LogP contribution in [0.25, 0.3) is 0 Å². The van der Waals surface area contributed by atoms with Crippen molar-refractivity contribution in [2.45, 2.75) is 4.90 Å². The third kappa shape index (κ3) is 2.67. The second-order valence-corrected chi connectivity index (χ2v) is 5.40. The number of nitrogens with one attached hydrogen (secondary N) is 2. The Kier molecular flexibility index (Phi) is 3.53. The number of benzene rings is 1. The first-order chi connectivity index (χ1) is 9.31. The van der Waals surface area contributed by atoms with Crippen LogP contribution in [0.3, 0.4) is 0 Å². The fourth-order valence-electron chi connectivity index (χ4n) is 1.37. The molecule has 5 nitrogen and oxygen atoms in total. The Bertz CT molecular complexity index is 798. The molecule has 0 unspecified atom stereocenters. The highest BCUT2D eigenvalue weighted by molar-refractivity contribution is 7.92. The van der Waals surface area contributed by atoms with E-state index in [1.54, 1.807) is 4.72 Å². The van der Waals surface area contributed by atoms with Gasteiger partial charge in [-0.05, 0) is 18.2 Å².